The summed E-state index contributed by atoms with van der Waals surface area (Å²) in [7, 11) is 0. The van der Waals surface area contributed by atoms with Gasteiger partial charge in [-0.05, 0) is 37.1 Å². The van der Waals surface area contributed by atoms with Crippen LogP contribution in [0, 0.1) is 0 Å². The molecule has 2 fully saturated rings. The number of para-hydroxylation sites is 1. The fraction of sp³-hybridized carbons (Fsp3) is 0.400. The van der Waals surface area contributed by atoms with Crippen LogP contribution in [0.5, 0.6) is 0 Å². The minimum absolute atomic E-state index is 0.670. The molecule has 1 unspecified atom stereocenters. The number of piperazine rings is 1. The topological polar surface area (TPSA) is 38.4 Å². The zero-order valence-corrected chi connectivity index (χ0v) is 17.6. The van der Waals surface area contributed by atoms with Gasteiger partial charge in [0, 0.05) is 56.6 Å². The summed E-state index contributed by atoms with van der Waals surface area (Å²) < 4.78 is 0. The van der Waals surface area contributed by atoms with Gasteiger partial charge < -0.3 is 4.90 Å². The van der Waals surface area contributed by atoms with Crippen molar-refractivity contribution in [2.24, 2.45) is 0 Å². The Hall–Kier alpha value is -2.63. The van der Waals surface area contributed by atoms with Crippen molar-refractivity contribution in [2.75, 3.05) is 44.2 Å². The second-order valence-corrected chi connectivity index (χ2v) is 8.53. The van der Waals surface area contributed by atoms with Crippen LogP contribution in [0.15, 0.2) is 66.9 Å². The van der Waals surface area contributed by atoms with Gasteiger partial charge in [-0.25, -0.2) is 0 Å². The molecule has 5 heteroatoms. The Labute approximate surface area is 179 Å². The van der Waals surface area contributed by atoms with E-state index in [1.54, 1.807) is 0 Å². The molecule has 5 nitrogen and oxygen atoms in total. The van der Waals surface area contributed by atoms with Gasteiger partial charge in [0.05, 0.1) is 11.9 Å². The van der Waals surface area contributed by atoms with Gasteiger partial charge in [0.1, 0.15) is 0 Å². The quantitative estimate of drug-likeness (QED) is 0.705. The van der Waals surface area contributed by atoms with Crippen LogP contribution in [0.4, 0.5) is 5.69 Å². The lowest BCUT2D eigenvalue weighted by Gasteiger charge is -2.44. The van der Waals surface area contributed by atoms with E-state index in [0.29, 0.717) is 6.04 Å². The number of rotatable bonds is 5. The Balaban J connectivity index is 1.19. The lowest BCUT2D eigenvalue weighted by atomic mass is 10.0. The summed E-state index contributed by atoms with van der Waals surface area (Å²) in [5, 5.41) is 7.56. The highest BCUT2D eigenvalue weighted by atomic mass is 15.3. The first-order valence-corrected chi connectivity index (χ1v) is 11.2. The largest absolute Gasteiger partial charge is 0.369 e. The van der Waals surface area contributed by atoms with Gasteiger partial charge in [0.2, 0.25) is 0 Å². The minimum Gasteiger partial charge on any atom is -0.369 e. The SMILES string of the molecule is c1ccc(-c2[nH]ncc2CN2CCCC(N3CCN(c4ccccc4)CC3)C2)cc1. The van der Waals surface area contributed by atoms with Crippen molar-refractivity contribution in [3.63, 3.8) is 0 Å². The third kappa shape index (κ3) is 4.27. The van der Waals surface area contributed by atoms with Crippen LogP contribution in [-0.2, 0) is 6.54 Å². The molecule has 2 saturated heterocycles. The van der Waals surface area contributed by atoms with Crippen LogP contribution >= 0.6 is 0 Å². The highest BCUT2D eigenvalue weighted by Crippen LogP contribution is 2.25. The lowest BCUT2D eigenvalue weighted by molar-refractivity contribution is 0.0888. The van der Waals surface area contributed by atoms with Crippen LogP contribution in [0.1, 0.15) is 18.4 Å². The van der Waals surface area contributed by atoms with Crippen LogP contribution in [-0.4, -0.2) is 65.3 Å². The molecule has 156 valence electrons. The Bertz CT molecular complexity index is 915. The number of likely N-dealkylation sites (tertiary alicyclic amines) is 1. The van der Waals surface area contributed by atoms with E-state index in [1.807, 2.05) is 6.20 Å². The molecule has 0 aliphatic carbocycles. The number of piperidine rings is 1. The van der Waals surface area contributed by atoms with Crippen molar-refractivity contribution in [1.29, 1.82) is 0 Å². The smallest absolute Gasteiger partial charge is 0.0695 e. The van der Waals surface area contributed by atoms with Gasteiger partial charge in [-0.2, -0.15) is 5.10 Å². The van der Waals surface area contributed by atoms with Gasteiger partial charge in [0.25, 0.3) is 0 Å². The van der Waals surface area contributed by atoms with Crippen LogP contribution in [0.25, 0.3) is 11.3 Å². The molecule has 2 aliphatic rings. The Morgan fingerprint density at radius 2 is 1.60 bits per heavy atom. The van der Waals surface area contributed by atoms with Crippen molar-refractivity contribution >= 4 is 5.69 Å². The number of nitrogens with one attached hydrogen (secondary N) is 1. The molecule has 0 amide bonds. The molecular formula is C25H31N5. The second-order valence-electron chi connectivity index (χ2n) is 8.53. The summed E-state index contributed by atoms with van der Waals surface area (Å²) in [6.07, 6.45) is 4.60. The van der Waals surface area contributed by atoms with E-state index >= 15 is 0 Å². The number of nitrogens with zero attached hydrogens (tertiary/aromatic N) is 4. The van der Waals surface area contributed by atoms with Crippen LogP contribution in [0.2, 0.25) is 0 Å². The van der Waals surface area contributed by atoms with Crippen molar-refractivity contribution in [2.45, 2.75) is 25.4 Å². The number of anilines is 1. The number of hydrogen-bond acceptors (Lipinski definition) is 4. The monoisotopic (exact) mass is 401 g/mol. The van der Waals surface area contributed by atoms with Gasteiger partial charge >= 0.3 is 0 Å². The summed E-state index contributed by atoms with van der Waals surface area (Å²) in [5.74, 6) is 0. The van der Waals surface area contributed by atoms with E-state index in [-0.39, 0.29) is 0 Å². The average Bonchev–Trinajstić information content (AvgIpc) is 3.29. The fourth-order valence-corrected chi connectivity index (χ4v) is 4.98. The van der Waals surface area contributed by atoms with Crippen molar-refractivity contribution in [3.05, 3.63) is 72.4 Å². The zero-order valence-electron chi connectivity index (χ0n) is 17.6. The van der Waals surface area contributed by atoms with E-state index in [1.165, 1.54) is 36.2 Å². The van der Waals surface area contributed by atoms with Gasteiger partial charge in [-0.1, -0.05) is 48.5 Å². The number of hydrogen-bond donors (Lipinski definition) is 1. The third-order valence-corrected chi connectivity index (χ3v) is 6.61. The molecule has 1 aromatic heterocycles. The van der Waals surface area contributed by atoms with E-state index in [2.05, 4.69) is 85.6 Å². The maximum atomic E-state index is 4.34. The molecule has 0 radical (unpaired) electrons. The summed E-state index contributed by atoms with van der Waals surface area (Å²) in [6, 6.07) is 22.1. The lowest BCUT2D eigenvalue weighted by Crippen LogP contribution is -2.55. The summed E-state index contributed by atoms with van der Waals surface area (Å²) >= 11 is 0. The highest BCUT2D eigenvalue weighted by molar-refractivity contribution is 5.62. The first-order valence-electron chi connectivity index (χ1n) is 11.2. The zero-order chi connectivity index (χ0) is 20.2. The van der Waals surface area contributed by atoms with Crippen molar-refractivity contribution in [3.8, 4) is 11.3 Å². The number of benzene rings is 2. The predicted octanol–water partition coefficient (Wildman–Crippen LogP) is 3.86. The molecule has 3 aromatic rings. The molecule has 30 heavy (non-hydrogen) atoms. The summed E-state index contributed by atoms with van der Waals surface area (Å²) in [4.78, 5) is 7.86. The first-order chi connectivity index (χ1) is 14.9. The summed E-state index contributed by atoms with van der Waals surface area (Å²) in [6.45, 7) is 7.88. The van der Waals surface area contributed by atoms with Crippen LogP contribution in [0.3, 0.4) is 0 Å². The average molecular weight is 402 g/mol. The maximum absolute atomic E-state index is 4.34. The molecule has 1 atom stereocenters. The normalized spacial score (nSPS) is 21.1. The molecule has 5 rings (SSSR count). The molecular weight excluding hydrogens is 370 g/mol. The van der Waals surface area contributed by atoms with E-state index < -0.39 is 0 Å². The molecule has 1 N–H and O–H groups in total. The predicted molar refractivity (Wildman–Crippen MR) is 123 cm³/mol. The van der Waals surface area contributed by atoms with Gasteiger partial charge in [-0.3, -0.25) is 14.9 Å². The molecule has 2 aliphatic heterocycles. The second kappa shape index (κ2) is 9.02. The summed E-state index contributed by atoms with van der Waals surface area (Å²) in [5.41, 5.74) is 5.04. The van der Waals surface area contributed by atoms with E-state index in [0.717, 1.165) is 45.0 Å². The molecule has 3 heterocycles. The van der Waals surface area contributed by atoms with Crippen molar-refractivity contribution < 1.29 is 0 Å². The van der Waals surface area contributed by atoms with Crippen molar-refractivity contribution in [1.82, 2.24) is 20.0 Å². The Morgan fingerprint density at radius 3 is 2.37 bits per heavy atom. The van der Waals surface area contributed by atoms with E-state index in [9.17, 15) is 0 Å². The standard InChI is InChI=1S/C25H31N5/c1-3-8-21(9-4-1)25-22(18-26-27-25)19-28-13-7-12-24(20-28)30-16-14-29(15-17-30)23-10-5-2-6-11-23/h1-6,8-11,18,24H,7,12-17,19-20H2,(H,26,27). The van der Waals surface area contributed by atoms with Gasteiger partial charge in [0.15, 0.2) is 0 Å². The number of aromatic nitrogens is 2. The molecule has 2 aromatic carbocycles. The Morgan fingerprint density at radius 1 is 0.867 bits per heavy atom. The first kappa shape index (κ1) is 19.3. The maximum Gasteiger partial charge on any atom is 0.0695 e. The third-order valence-electron chi connectivity index (χ3n) is 6.61. The van der Waals surface area contributed by atoms with Crippen LogP contribution < -0.4 is 4.90 Å². The van der Waals surface area contributed by atoms with Gasteiger partial charge in [-0.15, -0.1) is 0 Å². The van der Waals surface area contributed by atoms with E-state index in [4.69, 9.17) is 0 Å². The molecule has 0 bridgehead atoms. The highest BCUT2D eigenvalue weighted by Gasteiger charge is 2.28. The Kier molecular flexibility index (Phi) is 5.82. The molecule has 0 spiro atoms. The fourth-order valence-electron chi connectivity index (χ4n) is 4.98. The molecule has 0 saturated carbocycles. The number of aromatic amines is 1. The number of H-pyrrole nitrogens is 1. The minimum atomic E-state index is 0.670.